The molecule has 0 aliphatic carbocycles. The van der Waals surface area contributed by atoms with E-state index in [2.05, 4.69) is 17.2 Å². The Morgan fingerprint density at radius 1 is 1.08 bits per heavy atom. The third-order valence-electron chi connectivity index (χ3n) is 7.29. The largest absolute Gasteiger partial charge is 0.417 e. The van der Waals surface area contributed by atoms with Crippen molar-refractivity contribution in [1.29, 1.82) is 0 Å². The predicted octanol–water partition coefficient (Wildman–Crippen LogP) is 7.11. The zero-order chi connectivity index (χ0) is 27.7. The third kappa shape index (κ3) is 5.01. The number of aromatic nitrogens is 2. The van der Waals surface area contributed by atoms with E-state index < -0.39 is 34.8 Å². The van der Waals surface area contributed by atoms with Gasteiger partial charge < -0.3 is 10.2 Å². The standard InChI is InChI=1S/C30H29F3N4O2/c1-3-10-21-13-7-8-15-23(21)35-29(39)37(19(2)20-11-5-4-6-12-20)25-17-18-36-27(25)34-24-16-9-14-22(30(31,32)33)26(24)28(36)38/h4-9,11-16,19,25H,3,10,17-18H2,1-2H3,(H,35,39)/t19-,25?/m0/s1. The van der Waals surface area contributed by atoms with Gasteiger partial charge in [-0.1, -0.05) is 67.9 Å². The summed E-state index contributed by atoms with van der Waals surface area (Å²) < 4.78 is 42.4. The number of halogens is 3. The molecule has 202 valence electrons. The van der Waals surface area contributed by atoms with Crippen LogP contribution in [0.3, 0.4) is 0 Å². The highest BCUT2D eigenvalue weighted by atomic mass is 19.4. The number of nitrogens with one attached hydrogen (secondary N) is 1. The fourth-order valence-corrected chi connectivity index (χ4v) is 5.42. The molecule has 3 aromatic carbocycles. The number of benzene rings is 3. The second-order valence-corrected chi connectivity index (χ2v) is 9.76. The summed E-state index contributed by atoms with van der Waals surface area (Å²) in [5, 5.41) is 2.61. The van der Waals surface area contributed by atoms with Crippen molar-refractivity contribution in [2.75, 3.05) is 5.32 Å². The molecule has 2 heterocycles. The van der Waals surface area contributed by atoms with Crippen LogP contribution in [0.15, 0.2) is 77.6 Å². The quantitative estimate of drug-likeness (QED) is 0.287. The van der Waals surface area contributed by atoms with E-state index >= 15 is 0 Å². The van der Waals surface area contributed by atoms with Crippen LogP contribution in [-0.2, 0) is 19.1 Å². The second-order valence-electron chi connectivity index (χ2n) is 9.76. The summed E-state index contributed by atoms with van der Waals surface area (Å²) in [6.45, 7) is 4.12. The number of amides is 2. The highest BCUT2D eigenvalue weighted by molar-refractivity contribution is 5.91. The van der Waals surface area contributed by atoms with Gasteiger partial charge in [-0.15, -0.1) is 0 Å². The summed E-state index contributed by atoms with van der Waals surface area (Å²) in [5.41, 5.74) is 0.811. The van der Waals surface area contributed by atoms with E-state index in [1.54, 1.807) is 4.90 Å². The summed E-state index contributed by atoms with van der Waals surface area (Å²) in [6.07, 6.45) is -2.64. The van der Waals surface area contributed by atoms with Crippen LogP contribution >= 0.6 is 0 Å². The van der Waals surface area contributed by atoms with Crippen LogP contribution in [0.4, 0.5) is 23.7 Å². The first-order valence-corrected chi connectivity index (χ1v) is 13.0. The predicted molar refractivity (Wildman–Crippen MR) is 145 cm³/mol. The minimum absolute atomic E-state index is 0.0333. The molecule has 1 unspecified atom stereocenters. The number of carbonyl (C=O) groups is 1. The molecule has 1 aromatic heterocycles. The van der Waals surface area contributed by atoms with Crippen LogP contribution in [0, 0.1) is 0 Å². The van der Waals surface area contributed by atoms with E-state index in [0.29, 0.717) is 12.1 Å². The summed E-state index contributed by atoms with van der Waals surface area (Å²) in [6, 6.07) is 19.3. The molecule has 6 nitrogen and oxygen atoms in total. The van der Waals surface area contributed by atoms with Crippen molar-refractivity contribution in [3.63, 3.8) is 0 Å². The lowest BCUT2D eigenvalue weighted by atomic mass is 10.0. The molecule has 2 atom stereocenters. The number of para-hydroxylation sites is 1. The van der Waals surface area contributed by atoms with Gasteiger partial charge in [-0.25, -0.2) is 9.78 Å². The average molecular weight is 535 g/mol. The molecule has 2 amide bonds. The normalized spacial score (nSPS) is 15.7. The first-order chi connectivity index (χ1) is 18.7. The number of aryl methyl sites for hydroxylation is 1. The van der Waals surface area contributed by atoms with Crippen LogP contribution < -0.4 is 10.9 Å². The van der Waals surface area contributed by atoms with Gasteiger partial charge in [-0.3, -0.25) is 9.36 Å². The van der Waals surface area contributed by atoms with Crippen LogP contribution in [-0.4, -0.2) is 20.5 Å². The maximum absolute atomic E-state index is 14.0. The lowest BCUT2D eigenvalue weighted by molar-refractivity contribution is -0.136. The van der Waals surface area contributed by atoms with Gasteiger partial charge in [-0.2, -0.15) is 13.2 Å². The zero-order valence-electron chi connectivity index (χ0n) is 21.7. The zero-order valence-corrected chi connectivity index (χ0v) is 21.7. The van der Waals surface area contributed by atoms with Gasteiger partial charge in [0, 0.05) is 12.2 Å². The molecule has 39 heavy (non-hydrogen) atoms. The molecule has 0 fully saturated rings. The Kier molecular flexibility index (Phi) is 7.16. The summed E-state index contributed by atoms with van der Waals surface area (Å²) in [7, 11) is 0. The first kappa shape index (κ1) is 26.5. The van der Waals surface area contributed by atoms with Crippen molar-refractivity contribution in [3.8, 4) is 0 Å². The number of fused-ring (bicyclic) bond motifs is 2. The van der Waals surface area contributed by atoms with Crippen molar-refractivity contribution >= 4 is 22.6 Å². The van der Waals surface area contributed by atoms with Gasteiger partial charge in [0.2, 0.25) is 0 Å². The smallest absolute Gasteiger partial charge is 0.308 e. The minimum Gasteiger partial charge on any atom is -0.308 e. The van der Waals surface area contributed by atoms with Gasteiger partial charge >= 0.3 is 12.2 Å². The Balaban J connectivity index is 1.61. The topological polar surface area (TPSA) is 67.2 Å². The lowest BCUT2D eigenvalue weighted by Gasteiger charge is -2.34. The number of urea groups is 1. The maximum atomic E-state index is 14.0. The van der Waals surface area contributed by atoms with Gasteiger partial charge in [0.25, 0.3) is 5.56 Å². The van der Waals surface area contributed by atoms with Crippen molar-refractivity contribution in [2.24, 2.45) is 0 Å². The van der Waals surface area contributed by atoms with Gasteiger partial charge in [0.15, 0.2) is 0 Å². The molecule has 4 aromatic rings. The Hall–Kier alpha value is -4.14. The Morgan fingerprint density at radius 2 is 1.79 bits per heavy atom. The van der Waals surface area contributed by atoms with E-state index in [1.807, 2.05) is 61.5 Å². The minimum atomic E-state index is -4.69. The fraction of sp³-hybridized carbons (Fsp3) is 0.300. The molecule has 1 aliphatic rings. The SMILES string of the molecule is CCCc1ccccc1NC(=O)N(C1CCn2c1nc1cccc(C(F)(F)F)c1c2=O)[C@@H](C)c1ccccc1. The summed E-state index contributed by atoms with van der Waals surface area (Å²) >= 11 is 0. The number of carbonyl (C=O) groups excluding carboxylic acids is 1. The molecule has 0 radical (unpaired) electrons. The van der Waals surface area contributed by atoms with E-state index in [9.17, 15) is 22.8 Å². The molecule has 1 N–H and O–H groups in total. The maximum Gasteiger partial charge on any atom is 0.417 e. The van der Waals surface area contributed by atoms with E-state index in [0.717, 1.165) is 30.0 Å². The van der Waals surface area contributed by atoms with Crippen LogP contribution in [0.5, 0.6) is 0 Å². The lowest BCUT2D eigenvalue weighted by Crippen LogP contribution is -2.40. The molecule has 0 saturated heterocycles. The molecular formula is C30H29F3N4O2. The Morgan fingerprint density at radius 3 is 2.51 bits per heavy atom. The number of alkyl halides is 3. The number of hydrogen-bond donors (Lipinski definition) is 1. The van der Waals surface area contributed by atoms with E-state index in [4.69, 9.17) is 0 Å². The molecule has 5 rings (SSSR count). The number of rotatable bonds is 6. The third-order valence-corrected chi connectivity index (χ3v) is 7.29. The second kappa shape index (κ2) is 10.6. The Bertz CT molecular complexity index is 1570. The molecule has 1 aliphatic heterocycles. The first-order valence-electron chi connectivity index (χ1n) is 13.0. The molecular weight excluding hydrogens is 505 g/mol. The van der Waals surface area contributed by atoms with Crippen molar-refractivity contribution in [2.45, 2.75) is 57.9 Å². The highest BCUT2D eigenvalue weighted by Gasteiger charge is 2.39. The van der Waals surface area contributed by atoms with Crippen LogP contribution in [0.25, 0.3) is 10.9 Å². The van der Waals surface area contributed by atoms with Crippen molar-refractivity contribution in [3.05, 3.63) is 106 Å². The summed E-state index contributed by atoms with van der Waals surface area (Å²) in [4.78, 5) is 33.5. The summed E-state index contributed by atoms with van der Waals surface area (Å²) in [5.74, 6) is 0.284. The molecule has 0 bridgehead atoms. The number of nitrogens with zero attached hydrogens (tertiary/aromatic N) is 3. The van der Waals surface area contributed by atoms with Gasteiger partial charge in [0.1, 0.15) is 5.82 Å². The molecule has 0 spiro atoms. The highest BCUT2D eigenvalue weighted by Crippen LogP contribution is 2.38. The van der Waals surface area contributed by atoms with Gasteiger partial charge in [-0.05, 0) is 49.1 Å². The van der Waals surface area contributed by atoms with Crippen LogP contribution in [0.2, 0.25) is 0 Å². The number of anilines is 1. The molecule has 9 heteroatoms. The fourth-order valence-electron chi connectivity index (χ4n) is 5.42. The van der Waals surface area contributed by atoms with E-state index in [-0.39, 0.29) is 23.9 Å². The van der Waals surface area contributed by atoms with Crippen molar-refractivity contribution < 1.29 is 18.0 Å². The monoisotopic (exact) mass is 534 g/mol. The average Bonchev–Trinajstić information content (AvgIpc) is 3.33. The Labute approximate surface area is 224 Å². The molecule has 0 saturated carbocycles. The van der Waals surface area contributed by atoms with Crippen molar-refractivity contribution in [1.82, 2.24) is 14.5 Å². The number of hydrogen-bond acceptors (Lipinski definition) is 3. The van der Waals surface area contributed by atoms with E-state index in [1.165, 1.54) is 16.7 Å². The van der Waals surface area contributed by atoms with Gasteiger partial charge in [0.05, 0.1) is 28.6 Å². The van der Waals surface area contributed by atoms with Crippen LogP contribution in [0.1, 0.15) is 61.3 Å².